The van der Waals surface area contributed by atoms with E-state index in [-0.39, 0.29) is 0 Å². The van der Waals surface area contributed by atoms with Crippen molar-refractivity contribution < 1.29 is 4.74 Å². The van der Waals surface area contributed by atoms with E-state index in [1.165, 1.54) is 22.3 Å². The maximum atomic E-state index is 5.93. The first-order valence-electron chi connectivity index (χ1n) is 9.72. The second kappa shape index (κ2) is 9.02. The van der Waals surface area contributed by atoms with Crippen molar-refractivity contribution in [3.63, 3.8) is 0 Å². The van der Waals surface area contributed by atoms with Crippen LogP contribution in [0, 0.1) is 20.8 Å². The summed E-state index contributed by atoms with van der Waals surface area (Å²) in [5.74, 6) is 2.41. The monoisotopic (exact) mass is 436 g/mol. The minimum Gasteiger partial charge on any atom is -0.486 e. The van der Waals surface area contributed by atoms with Crippen molar-refractivity contribution >= 4 is 23.1 Å². The largest absolute Gasteiger partial charge is 0.486 e. The Kier molecular flexibility index (Phi) is 6.20. The predicted molar refractivity (Wildman–Crippen MR) is 123 cm³/mol. The van der Waals surface area contributed by atoms with Gasteiger partial charge in [-0.1, -0.05) is 42.1 Å². The summed E-state index contributed by atoms with van der Waals surface area (Å²) in [7, 11) is 1.97. The Morgan fingerprint density at radius 3 is 2.57 bits per heavy atom. The van der Waals surface area contributed by atoms with Gasteiger partial charge in [-0.25, -0.2) is 4.98 Å². The van der Waals surface area contributed by atoms with Gasteiger partial charge in [-0.15, -0.1) is 21.5 Å². The van der Waals surface area contributed by atoms with Gasteiger partial charge in [0.05, 0.1) is 5.69 Å². The number of thioether (sulfide) groups is 1. The summed E-state index contributed by atoms with van der Waals surface area (Å²) in [5.41, 5.74) is 5.87. The Morgan fingerprint density at radius 1 is 1.03 bits per heavy atom. The third-order valence-electron chi connectivity index (χ3n) is 4.76. The molecular weight excluding hydrogens is 412 g/mol. The Balaban J connectivity index is 1.38. The molecule has 30 heavy (non-hydrogen) atoms. The highest BCUT2D eigenvalue weighted by molar-refractivity contribution is 7.98. The van der Waals surface area contributed by atoms with Gasteiger partial charge in [0.25, 0.3) is 0 Å². The van der Waals surface area contributed by atoms with Crippen LogP contribution in [0.1, 0.15) is 28.2 Å². The molecule has 0 radical (unpaired) electrons. The summed E-state index contributed by atoms with van der Waals surface area (Å²) in [6, 6.07) is 14.5. The van der Waals surface area contributed by atoms with Crippen molar-refractivity contribution in [2.45, 2.75) is 38.3 Å². The van der Waals surface area contributed by atoms with Crippen LogP contribution in [0.5, 0.6) is 5.75 Å². The molecule has 0 aliphatic rings. The maximum Gasteiger partial charge on any atom is 0.191 e. The topological polar surface area (TPSA) is 52.8 Å². The highest BCUT2D eigenvalue weighted by atomic mass is 32.2. The molecule has 0 fully saturated rings. The van der Waals surface area contributed by atoms with Gasteiger partial charge in [0.2, 0.25) is 0 Å². The summed E-state index contributed by atoms with van der Waals surface area (Å²) in [4.78, 5) is 4.80. The van der Waals surface area contributed by atoms with E-state index >= 15 is 0 Å². The Morgan fingerprint density at radius 2 is 1.80 bits per heavy atom. The first-order chi connectivity index (χ1) is 14.5. The van der Waals surface area contributed by atoms with Crippen LogP contribution in [0.3, 0.4) is 0 Å². The zero-order chi connectivity index (χ0) is 21.1. The van der Waals surface area contributed by atoms with Crippen LogP contribution in [0.2, 0.25) is 0 Å². The van der Waals surface area contributed by atoms with Crippen molar-refractivity contribution in [1.82, 2.24) is 19.7 Å². The lowest BCUT2D eigenvalue weighted by Crippen LogP contribution is -2.04. The lowest BCUT2D eigenvalue weighted by atomic mass is 10.1. The molecule has 7 heteroatoms. The highest BCUT2D eigenvalue weighted by Crippen LogP contribution is 2.29. The number of thiazole rings is 1. The minimum absolute atomic E-state index is 0.390. The smallest absolute Gasteiger partial charge is 0.191 e. The predicted octanol–water partition coefficient (Wildman–Crippen LogP) is 5.74. The average molecular weight is 437 g/mol. The van der Waals surface area contributed by atoms with Crippen molar-refractivity contribution in [2.24, 2.45) is 7.05 Å². The lowest BCUT2D eigenvalue weighted by Gasteiger charge is -2.08. The van der Waals surface area contributed by atoms with Gasteiger partial charge in [0, 0.05) is 23.7 Å². The molecule has 0 atom stereocenters. The first-order valence-corrected chi connectivity index (χ1v) is 11.6. The van der Waals surface area contributed by atoms with Crippen molar-refractivity contribution in [1.29, 1.82) is 0 Å². The van der Waals surface area contributed by atoms with Gasteiger partial charge in [-0.2, -0.15) is 0 Å². The quantitative estimate of drug-likeness (QED) is 0.346. The molecular formula is C23H24N4OS2. The van der Waals surface area contributed by atoms with E-state index in [0.29, 0.717) is 6.61 Å². The molecule has 4 aromatic rings. The molecule has 0 aliphatic carbocycles. The van der Waals surface area contributed by atoms with E-state index in [1.807, 2.05) is 23.7 Å². The van der Waals surface area contributed by atoms with E-state index in [9.17, 15) is 0 Å². The molecule has 0 spiro atoms. The van der Waals surface area contributed by atoms with Crippen LogP contribution in [0.4, 0.5) is 0 Å². The summed E-state index contributed by atoms with van der Waals surface area (Å²) >= 11 is 3.32. The fourth-order valence-corrected chi connectivity index (χ4v) is 5.05. The molecule has 0 saturated carbocycles. The molecule has 0 saturated heterocycles. The van der Waals surface area contributed by atoms with E-state index in [4.69, 9.17) is 9.72 Å². The summed E-state index contributed by atoms with van der Waals surface area (Å²) in [6.07, 6.45) is 0. The molecule has 5 nitrogen and oxygen atoms in total. The molecule has 2 aromatic heterocycles. The van der Waals surface area contributed by atoms with Crippen molar-refractivity contribution in [3.8, 4) is 16.3 Å². The zero-order valence-electron chi connectivity index (χ0n) is 17.5. The fraction of sp³-hybridized carbons (Fsp3) is 0.261. The van der Waals surface area contributed by atoms with Gasteiger partial charge >= 0.3 is 0 Å². The average Bonchev–Trinajstić information content (AvgIpc) is 3.31. The number of benzene rings is 2. The van der Waals surface area contributed by atoms with Crippen LogP contribution in [0.15, 0.2) is 53.0 Å². The third kappa shape index (κ3) is 4.74. The standard InChI is InChI=1S/C23H24N4OS2/c1-15-9-16(2)11-19(10-15)28-12-21-25-26-23(27(21)4)30-14-18-13-29-22(24-18)20-8-6-5-7-17(20)3/h5-11,13H,12,14H2,1-4H3. The minimum atomic E-state index is 0.390. The second-order valence-electron chi connectivity index (χ2n) is 7.32. The number of nitrogens with zero attached hydrogens (tertiary/aromatic N) is 4. The SMILES string of the molecule is Cc1cc(C)cc(OCc2nnc(SCc3csc(-c4ccccc4C)n3)n2C)c1. The summed E-state index contributed by atoms with van der Waals surface area (Å²) in [5, 5.41) is 12.7. The Hall–Kier alpha value is -2.64. The maximum absolute atomic E-state index is 5.93. The van der Waals surface area contributed by atoms with Crippen molar-refractivity contribution in [3.05, 3.63) is 76.1 Å². The van der Waals surface area contributed by atoms with Crippen molar-refractivity contribution in [2.75, 3.05) is 0 Å². The van der Waals surface area contributed by atoms with Gasteiger partial charge in [0.15, 0.2) is 11.0 Å². The number of aryl methyl sites for hydroxylation is 3. The number of hydrogen-bond acceptors (Lipinski definition) is 6. The van der Waals surface area contributed by atoms with Gasteiger partial charge in [-0.3, -0.25) is 0 Å². The van der Waals surface area contributed by atoms with Gasteiger partial charge in [0.1, 0.15) is 17.4 Å². The first kappa shape index (κ1) is 20.6. The summed E-state index contributed by atoms with van der Waals surface area (Å²) in [6.45, 7) is 6.65. The van der Waals surface area contributed by atoms with E-state index in [1.54, 1.807) is 23.1 Å². The highest BCUT2D eigenvalue weighted by Gasteiger charge is 2.12. The molecule has 0 N–H and O–H groups in total. The second-order valence-corrected chi connectivity index (χ2v) is 9.12. The zero-order valence-corrected chi connectivity index (χ0v) is 19.2. The molecule has 0 unspecified atom stereocenters. The molecule has 2 heterocycles. The number of ether oxygens (including phenoxy) is 1. The Bertz CT molecular complexity index is 1150. The third-order valence-corrected chi connectivity index (χ3v) is 6.74. The van der Waals surface area contributed by atoms with Crippen LogP contribution in [-0.4, -0.2) is 19.7 Å². The lowest BCUT2D eigenvalue weighted by molar-refractivity contribution is 0.290. The molecule has 154 valence electrons. The normalized spacial score (nSPS) is 11.1. The van der Waals surface area contributed by atoms with Gasteiger partial charge in [-0.05, 0) is 49.6 Å². The molecule has 4 rings (SSSR count). The number of hydrogen-bond donors (Lipinski definition) is 0. The van der Waals surface area contributed by atoms with Crippen LogP contribution in [-0.2, 0) is 19.4 Å². The molecule has 2 aromatic carbocycles. The molecule has 0 amide bonds. The van der Waals surface area contributed by atoms with E-state index < -0.39 is 0 Å². The molecule has 0 aliphatic heterocycles. The summed E-state index contributed by atoms with van der Waals surface area (Å²) < 4.78 is 7.92. The molecule has 0 bridgehead atoms. The fourth-order valence-electron chi connectivity index (χ4n) is 3.21. The number of rotatable bonds is 7. The number of aromatic nitrogens is 4. The van der Waals surface area contributed by atoms with Crippen LogP contribution < -0.4 is 4.74 Å². The van der Waals surface area contributed by atoms with Crippen LogP contribution >= 0.6 is 23.1 Å². The Labute approximate surface area is 185 Å². The van der Waals surface area contributed by atoms with E-state index in [2.05, 4.69) is 66.7 Å². The van der Waals surface area contributed by atoms with E-state index in [0.717, 1.165) is 33.2 Å². The van der Waals surface area contributed by atoms with Gasteiger partial charge < -0.3 is 9.30 Å². The van der Waals surface area contributed by atoms with Crippen LogP contribution in [0.25, 0.3) is 10.6 Å².